The third-order valence-corrected chi connectivity index (χ3v) is 5.63. The molecule has 152 valence electrons. The maximum atomic E-state index is 12.6. The summed E-state index contributed by atoms with van der Waals surface area (Å²) >= 11 is 0. The number of hydrogen-bond acceptors (Lipinski definition) is 3. The number of likely N-dealkylation sites (tertiary alicyclic amines) is 1. The van der Waals surface area contributed by atoms with Gasteiger partial charge in [-0.3, -0.25) is 9.59 Å². The van der Waals surface area contributed by atoms with Crippen LogP contribution in [0.5, 0.6) is 0 Å². The predicted octanol–water partition coefficient (Wildman–Crippen LogP) is 3.75. The number of benzene rings is 1. The average molecular weight is 399 g/mol. The third kappa shape index (κ3) is 4.96. The Morgan fingerprint density at radius 2 is 2.03 bits per heavy atom. The van der Waals surface area contributed by atoms with Crippen molar-refractivity contribution in [1.82, 2.24) is 14.9 Å². The number of Topliss-reactive ketones (excluding diaryl/α,β-unsaturated/α-hetero) is 1. The highest BCUT2D eigenvalue weighted by Gasteiger charge is 2.24. The number of aromatic amines is 1. The summed E-state index contributed by atoms with van der Waals surface area (Å²) in [4.78, 5) is 34.3. The van der Waals surface area contributed by atoms with Crippen molar-refractivity contribution in [3.8, 4) is 11.8 Å². The summed E-state index contributed by atoms with van der Waals surface area (Å²) < 4.78 is 0. The topological polar surface area (TPSA) is 66.1 Å². The van der Waals surface area contributed by atoms with Crippen LogP contribution in [0.25, 0.3) is 11.0 Å². The van der Waals surface area contributed by atoms with Crippen LogP contribution in [0.1, 0.15) is 36.8 Å². The van der Waals surface area contributed by atoms with Gasteiger partial charge in [0.2, 0.25) is 0 Å². The molecule has 5 heteroatoms. The number of aromatic nitrogens is 2. The molecule has 1 fully saturated rings. The van der Waals surface area contributed by atoms with E-state index in [0.717, 1.165) is 41.5 Å². The standard InChI is InChI=1S/C25H25N3O2/c29-22(10-9-21-12-14-26-25-23(21)13-15-27-25)17-20-7-4-16-28(18-20)24(30)11-8-19-5-2-1-3-6-19/h1-3,5-6,12-15,20H,4,7,9-10,16-18H2,(H,26,27). The normalized spacial score (nSPS) is 16.1. The molecule has 1 unspecified atom stereocenters. The molecule has 30 heavy (non-hydrogen) atoms. The maximum Gasteiger partial charge on any atom is 0.298 e. The van der Waals surface area contributed by atoms with Crippen molar-refractivity contribution in [3.05, 3.63) is 66.0 Å². The van der Waals surface area contributed by atoms with E-state index >= 15 is 0 Å². The Hall–Kier alpha value is -3.39. The molecular weight excluding hydrogens is 374 g/mol. The summed E-state index contributed by atoms with van der Waals surface area (Å²) in [5, 5.41) is 1.08. The summed E-state index contributed by atoms with van der Waals surface area (Å²) in [5.41, 5.74) is 2.84. The molecule has 1 amide bonds. The number of aryl methyl sites for hydroxylation is 1. The molecule has 3 heterocycles. The summed E-state index contributed by atoms with van der Waals surface area (Å²) in [7, 11) is 0. The van der Waals surface area contributed by atoms with Crippen molar-refractivity contribution >= 4 is 22.7 Å². The summed E-state index contributed by atoms with van der Waals surface area (Å²) in [6.45, 7) is 1.33. The lowest BCUT2D eigenvalue weighted by atomic mass is 9.91. The van der Waals surface area contributed by atoms with Crippen molar-refractivity contribution in [2.45, 2.75) is 32.1 Å². The van der Waals surface area contributed by atoms with Crippen molar-refractivity contribution < 1.29 is 9.59 Å². The molecule has 1 atom stereocenters. The number of rotatable bonds is 5. The lowest BCUT2D eigenvalue weighted by molar-refractivity contribution is -0.128. The molecule has 1 aromatic carbocycles. The van der Waals surface area contributed by atoms with E-state index < -0.39 is 0 Å². The molecule has 4 rings (SSSR count). The second kappa shape index (κ2) is 9.41. The van der Waals surface area contributed by atoms with E-state index in [-0.39, 0.29) is 17.6 Å². The van der Waals surface area contributed by atoms with Crippen LogP contribution in [0.2, 0.25) is 0 Å². The van der Waals surface area contributed by atoms with E-state index in [0.29, 0.717) is 25.8 Å². The van der Waals surface area contributed by atoms with Crippen molar-refractivity contribution in [1.29, 1.82) is 0 Å². The van der Waals surface area contributed by atoms with Crippen LogP contribution in [-0.2, 0) is 16.0 Å². The van der Waals surface area contributed by atoms with Gasteiger partial charge in [-0.15, -0.1) is 0 Å². The first-order valence-electron chi connectivity index (χ1n) is 10.5. The predicted molar refractivity (Wildman–Crippen MR) is 117 cm³/mol. The Bertz CT molecular complexity index is 1090. The van der Waals surface area contributed by atoms with Gasteiger partial charge in [-0.1, -0.05) is 24.1 Å². The van der Waals surface area contributed by atoms with Crippen LogP contribution in [0.3, 0.4) is 0 Å². The number of nitrogens with zero attached hydrogens (tertiary/aromatic N) is 2. The van der Waals surface area contributed by atoms with Crippen LogP contribution in [-0.4, -0.2) is 39.6 Å². The van der Waals surface area contributed by atoms with E-state index in [1.807, 2.05) is 48.7 Å². The molecule has 1 N–H and O–H groups in total. The lowest BCUT2D eigenvalue weighted by Gasteiger charge is -2.31. The fourth-order valence-corrected chi connectivity index (χ4v) is 4.08. The molecule has 0 saturated carbocycles. The van der Waals surface area contributed by atoms with Crippen LogP contribution in [0, 0.1) is 17.8 Å². The van der Waals surface area contributed by atoms with E-state index in [9.17, 15) is 9.59 Å². The minimum atomic E-state index is -0.150. The molecule has 0 bridgehead atoms. The Balaban J connectivity index is 1.29. The molecule has 0 radical (unpaired) electrons. The van der Waals surface area contributed by atoms with E-state index in [1.54, 1.807) is 11.1 Å². The van der Waals surface area contributed by atoms with Crippen LogP contribution >= 0.6 is 0 Å². The molecule has 5 nitrogen and oxygen atoms in total. The van der Waals surface area contributed by atoms with Gasteiger partial charge in [0.1, 0.15) is 11.4 Å². The number of amides is 1. The van der Waals surface area contributed by atoms with E-state index in [1.165, 1.54) is 0 Å². The molecule has 3 aromatic rings. The third-order valence-electron chi connectivity index (χ3n) is 5.63. The first-order valence-corrected chi connectivity index (χ1v) is 10.5. The highest BCUT2D eigenvalue weighted by molar-refractivity contribution is 5.94. The fraction of sp³-hybridized carbons (Fsp3) is 0.320. The van der Waals surface area contributed by atoms with Gasteiger partial charge in [0.15, 0.2) is 0 Å². The Kier molecular flexibility index (Phi) is 6.24. The number of nitrogens with one attached hydrogen (secondary N) is 1. The van der Waals surface area contributed by atoms with Crippen molar-refractivity contribution in [2.75, 3.05) is 13.1 Å². The number of hydrogen-bond donors (Lipinski definition) is 1. The molecule has 0 aliphatic carbocycles. The number of pyridine rings is 1. The molecule has 1 aliphatic heterocycles. The average Bonchev–Trinajstić information content (AvgIpc) is 3.26. The smallest absolute Gasteiger partial charge is 0.298 e. The van der Waals surface area contributed by atoms with Crippen LogP contribution in [0.15, 0.2) is 54.9 Å². The summed E-state index contributed by atoms with van der Waals surface area (Å²) in [6, 6.07) is 13.5. The van der Waals surface area contributed by atoms with Crippen molar-refractivity contribution in [2.24, 2.45) is 5.92 Å². The first-order chi connectivity index (χ1) is 14.7. The second-order valence-corrected chi connectivity index (χ2v) is 7.83. The minimum Gasteiger partial charge on any atom is -0.346 e. The van der Waals surface area contributed by atoms with Gasteiger partial charge in [0, 0.05) is 55.2 Å². The van der Waals surface area contributed by atoms with Crippen molar-refractivity contribution in [3.63, 3.8) is 0 Å². The Morgan fingerprint density at radius 3 is 2.90 bits per heavy atom. The first kappa shape index (κ1) is 19.9. The lowest BCUT2D eigenvalue weighted by Crippen LogP contribution is -2.39. The number of carbonyl (C=O) groups excluding carboxylic acids is 2. The number of fused-ring (bicyclic) bond motifs is 1. The molecular formula is C25H25N3O2. The monoisotopic (exact) mass is 399 g/mol. The maximum absolute atomic E-state index is 12.6. The highest BCUT2D eigenvalue weighted by atomic mass is 16.2. The summed E-state index contributed by atoms with van der Waals surface area (Å²) in [6.07, 6.45) is 7.31. The zero-order valence-corrected chi connectivity index (χ0v) is 16.9. The molecule has 0 spiro atoms. The molecule has 1 aliphatic rings. The Morgan fingerprint density at radius 1 is 1.17 bits per heavy atom. The fourth-order valence-electron chi connectivity index (χ4n) is 4.08. The SMILES string of the molecule is O=C(CCc1ccnc2[nH]ccc12)CC1CCCN(C(=O)C#Cc2ccccc2)C1. The zero-order valence-electron chi connectivity index (χ0n) is 16.9. The quantitative estimate of drug-likeness (QED) is 0.665. The van der Waals surface area contributed by atoms with Gasteiger partial charge in [-0.05, 0) is 55.0 Å². The number of piperidine rings is 1. The van der Waals surface area contributed by atoms with Crippen LogP contribution < -0.4 is 0 Å². The van der Waals surface area contributed by atoms with Gasteiger partial charge in [0.05, 0.1) is 0 Å². The number of carbonyl (C=O) groups is 2. The van der Waals surface area contributed by atoms with Gasteiger partial charge in [0.25, 0.3) is 5.91 Å². The summed E-state index contributed by atoms with van der Waals surface area (Å²) in [5.74, 6) is 6.00. The molecule has 2 aromatic heterocycles. The zero-order chi connectivity index (χ0) is 20.8. The van der Waals surface area contributed by atoms with Gasteiger partial charge < -0.3 is 9.88 Å². The van der Waals surface area contributed by atoms with Gasteiger partial charge in [-0.25, -0.2) is 4.98 Å². The molecule has 1 saturated heterocycles. The number of ketones is 1. The number of H-pyrrole nitrogens is 1. The van der Waals surface area contributed by atoms with E-state index in [2.05, 4.69) is 21.8 Å². The van der Waals surface area contributed by atoms with Crippen LogP contribution in [0.4, 0.5) is 0 Å². The largest absolute Gasteiger partial charge is 0.346 e. The minimum absolute atomic E-state index is 0.150. The van der Waals surface area contributed by atoms with E-state index in [4.69, 9.17) is 0 Å². The highest BCUT2D eigenvalue weighted by Crippen LogP contribution is 2.22. The van der Waals surface area contributed by atoms with Gasteiger partial charge in [-0.2, -0.15) is 0 Å². The Labute approximate surface area is 176 Å². The van der Waals surface area contributed by atoms with Gasteiger partial charge >= 0.3 is 0 Å². The second-order valence-electron chi connectivity index (χ2n) is 7.83.